The van der Waals surface area contributed by atoms with Crippen molar-refractivity contribution in [1.82, 2.24) is 10.2 Å². The number of aliphatic hydroxyl groups excluding tert-OH is 1. The van der Waals surface area contributed by atoms with E-state index in [0.29, 0.717) is 13.0 Å². The standard InChI is InChI=1S/C15H20N2O3S/c18-12(13-4-2-8-21-13)9-11-3-1-7-17(11)15(20)14(19)16-10-5-6-10/h2,4,8,10-12,18H,1,3,5-7,9H2,(H,16,19). The van der Waals surface area contributed by atoms with E-state index in [1.54, 1.807) is 4.90 Å². The third kappa shape index (κ3) is 3.44. The van der Waals surface area contributed by atoms with E-state index in [2.05, 4.69) is 5.32 Å². The summed E-state index contributed by atoms with van der Waals surface area (Å²) in [5.41, 5.74) is 0. The molecule has 6 heteroatoms. The van der Waals surface area contributed by atoms with E-state index in [1.165, 1.54) is 11.3 Å². The van der Waals surface area contributed by atoms with Gasteiger partial charge in [-0.1, -0.05) is 6.07 Å². The average molecular weight is 308 g/mol. The molecule has 2 atom stereocenters. The molecule has 1 saturated heterocycles. The normalized spacial score (nSPS) is 23.1. The Kier molecular flexibility index (Phi) is 4.26. The number of aliphatic hydroxyl groups is 1. The molecule has 21 heavy (non-hydrogen) atoms. The number of carbonyl (C=O) groups excluding carboxylic acids is 2. The molecule has 0 radical (unpaired) electrons. The Morgan fingerprint density at radius 1 is 1.43 bits per heavy atom. The molecule has 0 bridgehead atoms. The SMILES string of the molecule is O=C(NC1CC1)C(=O)N1CCCC1CC(O)c1cccs1. The molecule has 5 nitrogen and oxygen atoms in total. The van der Waals surface area contributed by atoms with Gasteiger partial charge in [0.25, 0.3) is 0 Å². The average Bonchev–Trinajstić information content (AvgIpc) is 2.96. The Morgan fingerprint density at radius 3 is 2.90 bits per heavy atom. The van der Waals surface area contributed by atoms with Gasteiger partial charge in [0.15, 0.2) is 0 Å². The first kappa shape index (κ1) is 14.5. The van der Waals surface area contributed by atoms with Gasteiger partial charge >= 0.3 is 11.8 Å². The minimum absolute atomic E-state index is 0.0421. The van der Waals surface area contributed by atoms with Gasteiger partial charge in [0, 0.05) is 23.5 Å². The van der Waals surface area contributed by atoms with Gasteiger partial charge in [0.2, 0.25) is 0 Å². The monoisotopic (exact) mass is 308 g/mol. The number of thiophene rings is 1. The smallest absolute Gasteiger partial charge is 0.312 e. The second-order valence-corrected chi connectivity index (χ2v) is 6.79. The molecule has 2 fully saturated rings. The molecule has 2 aliphatic rings. The van der Waals surface area contributed by atoms with Gasteiger partial charge in [-0.05, 0) is 43.6 Å². The van der Waals surface area contributed by atoms with Crippen LogP contribution in [0.5, 0.6) is 0 Å². The van der Waals surface area contributed by atoms with E-state index in [4.69, 9.17) is 0 Å². The van der Waals surface area contributed by atoms with Crippen molar-refractivity contribution in [2.75, 3.05) is 6.54 Å². The number of rotatable bonds is 4. The number of likely N-dealkylation sites (tertiary alicyclic amines) is 1. The highest BCUT2D eigenvalue weighted by Gasteiger charge is 2.35. The molecule has 1 saturated carbocycles. The molecular formula is C15H20N2O3S. The molecule has 3 rings (SSSR count). The Hall–Kier alpha value is -1.40. The predicted octanol–water partition coefficient (Wildman–Crippen LogP) is 1.44. The molecule has 0 spiro atoms. The number of hydrogen-bond acceptors (Lipinski definition) is 4. The van der Waals surface area contributed by atoms with E-state index in [9.17, 15) is 14.7 Å². The van der Waals surface area contributed by atoms with Gasteiger partial charge in [-0.3, -0.25) is 9.59 Å². The van der Waals surface area contributed by atoms with Crippen molar-refractivity contribution < 1.29 is 14.7 Å². The Balaban J connectivity index is 1.59. The van der Waals surface area contributed by atoms with Crippen molar-refractivity contribution >= 4 is 23.2 Å². The van der Waals surface area contributed by atoms with Crippen LogP contribution in [0.15, 0.2) is 17.5 Å². The highest BCUT2D eigenvalue weighted by atomic mass is 32.1. The minimum Gasteiger partial charge on any atom is -0.387 e. The lowest BCUT2D eigenvalue weighted by Gasteiger charge is -2.25. The van der Waals surface area contributed by atoms with Gasteiger partial charge in [0.1, 0.15) is 0 Å². The summed E-state index contributed by atoms with van der Waals surface area (Å²) in [7, 11) is 0. The zero-order valence-corrected chi connectivity index (χ0v) is 12.6. The Bertz CT molecular complexity index is 513. The summed E-state index contributed by atoms with van der Waals surface area (Å²) in [6.07, 6.45) is 3.63. The molecule has 1 aliphatic heterocycles. The van der Waals surface area contributed by atoms with Crippen LogP contribution in [-0.4, -0.2) is 40.4 Å². The topological polar surface area (TPSA) is 69.6 Å². The van der Waals surface area contributed by atoms with Crippen molar-refractivity contribution in [3.8, 4) is 0 Å². The predicted molar refractivity (Wildman–Crippen MR) is 79.8 cm³/mol. The van der Waals surface area contributed by atoms with Crippen LogP contribution in [0.25, 0.3) is 0 Å². The largest absolute Gasteiger partial charge is 0.387 e. The van der Waals surface area contributed by atoms with Crippen LogP contribution in [0.2, 0.25) is 0 Å². The van der Waals surface area contributed by atoms with Crippen LogP contribution in [0.4, 0.5) is 0 Å². The summed E-state index contributed by atoms with van der Waals surface area (Å²) < 4.78 is 0. The number of hydrogen-bond donors (Lipinski definition) is 2. The quantitative estimate of drug-likeness (QED) is 0.827. The van der Waals surface area contributed by atoms with Crippen molar-refractivity contribution in [3.63, 3.8) is 0 Å². The van der Waals surface area contributed by atoms with Gasteiger partial charge in [-0.15, -0.1) is 11.3 Å². The van der Waals surface area contributed by atoms with Crippen LogP contribution in [0.3, 0.4) is 0 Å². The molecule has 2 N–H and O–H groups in total. The van der Waals surface area contributed by atoms with E-state index in [0.717, 1.165) is 30.6 Å². The number of amides is 2. The minimum atomic E-state index is -0.560. The summed E-state index contributed by atoms with van der Waals surface area (Å²) in [5.74, 6) is -0.933. The number of nitrogens with one attached hydrogen (secondary N) is 1. The summed E-state index contributed by atoms with van der Waals surface area (Å²) in [4.78, 5) is 26.6. The number of nitrogens with zero attached hydrogens (tertiary/aromatic N) is 1. The third-order valence-corrected chi connectivity index (χ3v) is 5.09. The lowest BCUT2D eigenvalue weighted by Crippen LogP contribution is -2.46. The third-order valence-electron chi connectivity index (χ3n) is 4.11. The van der Waals surface area contributed by atoms with E-state index < -0.39 is 17.9 Å². The lowest BCUT2D eigenvalue weighted by atomic mass is 10.1. The summed E-state index contributed by atoms with van der Waals surface area (Å²) >= 11 is 1.51. The fraction of sp³-hybridized carbons (Fsp3) is 0.600. The van der Waals surface area contributed by atoms with Crippen LogP contribution in [0, 0.1) is 0 Å². The van der Waals surface area contributed by atoms with Crippen LogP contribution in [-0.2, 0) is 9.59 Å². The maximum atomic E-state index is 12.2. The zero-order chi connectivity index (χ0) is 14.8. The van der Waals surface area contributed by atoms with Crippen molar-refractivity contribution in [2.24, 2.45) is 0 Å². The molecule has 1 aliphatic carbocycles. The van der Waals surface area contributed by atoms with Gasteiger partial charge in [0.05, 0.1) is 6.10 Å². The first-order valence-electron chi connectivity index (χ1n) is 7.48. The van der Waals surface area contributed by atoms with Crippen LogP contribution >= 0.6 is 11.3 Å². The fourth-order valence-electron chi connectivity index (χ4n) is 2.81. The van der Waals surface area contributed by atoms with Crippen molar-refractivity contribution in [1.29, 1.82) is 0 Å². The molecule has 2 amide bonds. The maximum absolute atomic E-state index is 12.2. The molecule has 1 aromatic rings. The second-order valence-electron chi connectivity index (χ2n) is 5.81. The molecule has 2 heterocycles. The van der Waals surface area contributed by atoms with E-state index in [1.807, 2.05) is 17.5 Å². The lowest BCUT2D eigenvalue weighted by molar-refractivity contribution is -0.146. The summed E-state index contributed by atoms with van der Waals surface area (Å²) in [5, 5.41) is 14.9. The number of carbonyl (C=O) groups is 2. The van der Waals surface area contributed by atoms with E-state index >= 15 is 0 Å². The fourth-order valence-corrected chi connectivity index (χ4v) is 3.53. The van der Waals surface area contributed by atoms with Crippen molar-refractivity contribution in [3.05, 3.63) is 22.4 Å². The van der Waals surface area contributed by atoms with E-state index in [-0.39, 0.29) is 12.1 Å². The highest BCUT2D eigenvalue weighted by molar-refractivity contribution is 7.10. The first-order chi connectivity index (χ1) is 10.1. The molecule has 114 valence electrons. The zero-order valence-electron chi connectivity index (χ0n) is 11.8. The molecule has 2 unspecified atom stereocenters. The second kappa shape index (κ2) is 6.15. The highest BCUT2D eigenvalue weighted by Crippen LogP contribution is 2.29. The van der Waals surface area contributed by atoms with Gasteiger partial charge in [-0.25, -0.2) is 0 Å². The first-order valence-corrected chi connectivity index (χ1v) is 8.36. The van der Waals surface area contributed by atoms with Gasteiger partial charge in [-0.2, -0.15) is 0 Å². The summed E-state index contributed by atoms with van der Waals surface area (Å²) in [6, 6.07) is 3.96. The Morgan fingerprint density at radius 2 is 2.24 bits per heavy atom. The molecular weight excluding hydrogens is 288 g/mol. The van der Waals surface area contributed by atoms with Crippen LogP contribution < -0.4 is 5.32 Å². The molecule has 0 aromatic carbocycles. The summed E-state index contributed by atoms with van der Waals surface area (Å²) in [6.45, 7) is 0.610. The maximum Gasteiger partial charge on any atom is 0.312 e. The molecule has 1 aromatic heterocycles. The van der Waals surface area contributed by atoms with Crippen LogP contribution in [0.1, 0.15) is 43.1 Å². The van der Waals surface area contributed by atoms with Crippen molar-refractivity contribution in [2.45, 2.75) is 50.3 Å². The van der Waals surface area contributed by atoms with Gasteiger partial charge < -0.3 is 15.3 Å². The Labute approximate surface area is 128 Å².